The van der Waals surface area contributed by atoms with Crippen molar-refractivity contribution in [3.63, 3.8) is 0 Å². The maximum Gasteiger partial charge on any atom is 0.0580 e. The van der Waals surface area contributed by atoms with Gasteiger partial charge in [0.25, 0.3) is 0 Å². The van der Waals surface area contributed by atoms with Crippen LogP contribution in [0.15, 0.2) is 109 Å². The lowest BCUT2D eigenvalue weighted by Gasteiger charge is -2.27. The lowest BCUT2D eigenvalue weighted by atomic mass is 9.91. The standard InChI is InChI=1S/C38H34N2/c1-3-39-35-11-7-5-9-31(35)33-23-21-29(25-37(33)39)19-17-27-13-15-28(16-14-27)18-20-30-22-24-34-32-10-6-8-12-36(32)40(4-2)38(34)26-30/h5-26,31,35H,3-4H2,1-2H3/b19-17+,20-18+. The van der Waals surface area contributed by atoms with Gasteiger partial charge in [-0.1, -0.05) is 115 Å². The molecular formula is C38H34N2. The van der Waals surface area contributed by atoms with Gasteiger partial charge in [0.05, 0.1) is 6.04 Å². The Bertz CT molecular complexity index is 1830. The second-order valence-electron chi connectivity index (χ2n) is 10.8. The predicted molar refractivity (Wildman–Crippen MR) is 174 cm³/mol. The summed E-state index contributed by atoms with van der Waals surface area (Å²) in [5.41, 5.74) is 10.3. The second-order valence-corrected chi connectivity index (χ2v) is 10.8. The molecule has 1 aliphatic carbocycles. The Hall–Kier alpha value is -4.56. The first-order chi connectivity index (χ1) is 19.7. The second kappa shape index (κ2) is 10.2. The molecule has 0 N–H and O–H groups in total. The fraction of sp³-hybridized carbons (Fsp3) is 0.158. The van der Waals surface area contributed by atoms with Crippen molar-refractivity contribution in [3.05, 3.63) is 137 Å². The van der Waals surface area contributed by atoms with Gasteiger partial charge < -0.3 is 9.47 Å². The molecule has 2 unspecified atom stereocenters. The van der Waals surface area contributed by atoms with Crippen molar-refractivity contribution in [3.8, 4) is 0 Å². The molecule has 4 aromatic carbocycles. The van der Waals surface area contributed by atoms with E-state index in [0.29, 0.717) is 12.0 Å². The molecule has 0 radical (unpaired) electrons. The van der Waals surface area contributed by atoms with E-state index in [-0.39, 0.29) is 0 Å². The number of rotatable bonds is 6. The number of hydrogen-bond acceptors (Lipinski definition) is 1. The molecule has 196 valence electrons. The maximum absolute atomic E-state index is 2.53. The van der Waals surface area contributed by atoms with Crippen LogP contribution in [0.2, 0.25) is 0 Å². The van der Waals surface area contributed by atoms with Crippen LogP contribution < -0.4 is 4.90 Å². The number of likely N-dealkylation sites (N-methyl/N-ethyl adjacent to an activating group) is 1. The Kier molecular flexibility index (Phi) is 6.24. The molecule has 2 aliphatic rings. The van der Waals surface area contributed by atoms with Crippen LogP contribution in [0.1, 0.15) is 47.6 Å². The highest BCUT2D eigenvalue weighted by Crippen LogP contribution is 2.44. The van der Waals surface area contributed by atoms with Crippen LogP contribution in [0, 0.1) is 0 Å². The Balaban J connectivity index is 1.08. The number of nitrogens with zero attached hydrogens (tertiary/aromatic N) is 2. The van der Waals surface area contributed by atoms with Crippen LogP contribution in [0.4, 0.5) is 5.69 Å². The van der Waals surface area contributed by atoms with Gasteiger partial charge in [0.15, 0.2) is 0 Å². The zero-order valence-electron chi connectivity index (χ0n) is 23.2. The van der Waals surface area contributed by atoms with E-state index in [4.69, 9.17) is 0 Å². The van der Waals surface area contributed by atoms with Crippen LogP contribution in [-0.4, -0.2) is 17.2 Å². The van der Waals surface area contributed by atoms with Crippen molar-refractivity contribution in [1.29, 1.82) is 0 Å². The van der Waals surface area contributed by atoms with E-state index in [1.807, 2.05) is 0 Å². The largest absolute Gasteiger partial charge is 0.364 e. The number of allylic oxidation sites excluding steroid dienone is 2. The van der Waals surface area contributed by atoms with Crippen molar-refractivity contribution >= 4 is 51.8 Å². The van der Waals surface area contributed by atoms with Gasteiger partial charge in [0, 0.05) is 46.5 Å². The number of anilines is 1. The third-order valence-electron chi connectivity index (χ3n) is 8.52. The molecule has 0 fully saturated rings. The molecular weight excluding hydrogens is 484 g/mol. The van der Waals surface area contributed by atoms with Crippen LogP contribution in [0.5, 0.6) is 0 Å². The minimum atomic E-state index is 0.448. The minimum absolute atomic E-state index is 0.448. The number of aromatic nitrogens is 1. The number of para-hydroxylation sites is 1. The quantitative estimate of drug-likeness (QED) is 0.203. The summed E-state index contributed by atoms with van der Waals surface area (Å²) in [7, 11) is 0. The lowest BCUT2D eigenvalue weighted by molar-refractivity contribution is 0.688. The van der Waals surface area contributed by atoms with Crippen molar-refractivity contribution in [2.75, 3.05) is 11.4 Å². The average molecular weight is 519 g/mol. The van der Waals surface area contributed by atoms with Gasteiger partial charge in [-0.2, -0.15) is 0 Å². The molecule has 2 atom stereocenters. The normalized spacial score (nSPS) is 18.0. The lowest BCUT2D eigenvalue weighted by Crippen LogP contribution is -2.32. The molecule has 2 nitrogen and oxygen atoms in total. The van der Waals surface area contributed by atoms with E-state index in [1.165, 1.54) is 55.3 Å². The summed E-state index contributed by atoms with van der Waals surface area (Å²) in [6.45, 7) is 6.45. The summed E-state index contributed by atoms with van der Waals surface area (Å²) in [5, 5.41) is 2.65. The number of hydrogen-bond donors (Lipinski definition) is 0. The molecule has 0 bridgehead atoms. The summed E-state index contributed by atoms with van der Waals surface area (Å²) < 4.78 is 2.41. The Labute approximate surface area is 236 Å². The van der Waals surface area contributed by atoms with Gasteiger partial charge in [0.1, 0.15) is 0 Å². The van der Waals surface area contributed by atoms with E-state index < -0.39 is 0 Å². The van der Waals surface area contributed by atoms with Gasteiger partial charge in [-0.25, -0.2) is 0 Å². The number of benzene rings is 4. The molecule has 0 amide bonds. The zero-order valence-corrected chi connectivity index (χ0v) is 23.2. The first kappa shape index (κ1) is 24.5. The molecule has 2 heterocycles. The van der Waals surface area contributed by atoms with Crippen molar-refractivity contribution in [2.24, 2.45) is 0 Å². The zero-order chi connectivity index (χ0) is 27.1. The molecule has 2 heteroatoms. The van der Waals surface area contributed by atoms with Gasteiger partial charge in [-0.3, -0.25) is 0 Å². The monoisotopic (exact) mass is 518 g/mol. The molecule has 0 saturated heterocycles. The summed E-state index contributed by atoms with van der Waals surface area (Å²) in [5.74, 6) is 0.470. The first-order valence-electron chi connectivity index (χ1n) is 14.5. The van der Waals surface area contributed by atoms with E-state index in [1.54, 1.807) is 0 Å². The molecule has 0 spiro atoms. The van der Waals surface area contributed by atoms with Gasteiger partial charge in [0.2, 0.25) is 0 Å². The highest BCUT2D eigenvalue weighted by Gasteiger charge is 2.35. The van der Waals surface area contributed by atoms with Gasteiger partial charge >= 0.3 is 0 Å². The molecule has 0 saturated carbocycles. The van der Waals surface area contributed by atoms with Crippen molar-refractivity contribution in [2.45, 2.75) is 32.4 Å². The first-order valence-corrected chi connectivity index (χ1v) is 14.5. The summed E-state index contributed by atoms with van der Waals surface area (Å²) in [6.07, 6.45) is 17.9. The highest BCUT2D eigenvalue weighted by molar-refractivity contribution is 6.08. The Morgan fingerprint density at radius 3 is 1.98 bits per heavy atom. The minimum Gasteiger partial charge on any atom is -0.364 e. The SMILES string of the molecule is CCN1c2cc(/C=C/c3ccc(/C=C/c4ccc5c6ccccc6n(CC)c5c4)cc3)ccc2C2C=CC=CC21. The van der Waals surface area contributed by atoms with Gasteiger partial charge in [-0.05, 0) is 59.9 Å². The average Bonchev–Trinajstić information content (AvgIpc) is 3.50. The summed E-state index contributed by atoms with van der Waals surface area (Å²) in [4.78, 5) is 2.53. The smallest absolute Gasteiger partial charge is 0.0580 e. The van der Waals surface area contributed by atoms with Gasteiger partial charge in [-0.15, -0.1) is 0 Å². The Morgan fingerprint density at radius 1 is 0.600 bits per heavy atom. The van der Waals surface area contributed by atoms with Crippen molar-refractivity contribution < 1.29 is 0 Å². The number of fused-ring (bicyclic) bond motifs is 6. The van der Waals surface area contributed by atoms with Crippen LogP contribution in [0.25, 0.3) is 46.1 Å². The molecule has 1 aliphatic heterocycles. The fourth-order valence-electron chi connectivity index (χ4n) is 6.53. The fourth-order valence-corrected chi connectivity index (χ4v) is 6.53. The third kappa shape index (κ3) is 4.21. The molecule has 1 aromatic heterocycles. The van der Waals surface area contributed by atoms with Crippen molar-refractivity contribution in [1.82, 2.24) is 4.57 Å². The Morgan fingerprint density at radius 2 is 1.23 bits per heavy atom. The van der Waals surface area contributed by atoms with Crippen LogP contribution >= 0.6 is 0 Å². The topological polar surface area (TPSA) is 8.17 Å². The van der Waals surface area contributed by atoms with Crippen LogP contribution in [-0.2, 0) is 6.54 Å². The van der Waals surface area contributed by atoms with E-state index in [0.717, 1.165) is 13.1 Å². The summed E-state index contributed by atoms with van der Waals surface area (Å²) in [6, 6.07) is 31.6. The highest BCUT2D eigenvalue weighted by atomic mass is 15.2. The molecule has 7 rings (SSSR count). The number of aryl methyl sites for hydroxylation is 1. The maximum atomic E-state index is 2.53. The predicted octanol–water partition coefficient (Wildman–Crippen LogP) is 9.57. The summed E-state index contributed by atoms with van der Waals surface area (Å²) >= 11 is 0. The van der Waals surface area contributed by atoms with E-state index in [9.17, 15) is 0 Å². The third-order valence-corrected chi connectivity index (χ3v) is 8.52. The molecule has 5 aromatic rings. The van der Waals surface area contributed by atoms with E-state index in [2.05, 4.69) is 157 Å². The van der Waals surface area contributed by atoms with E-state index >= 15 is 0 Å². The van der Waals surface area contributed by atoms with Crippen LogP contribution in [0.3, 0.4) is 0 Å². The molecule has 40 heavy (non-hydrogen) atoms.